The Morgan fingerprint density at radius 2 is 2.50 bits per heavy atom. The molecule has 0 unspecified atom stereocenters. The van der Waals surface area contributed by atoms with E-state index < -0.39 is 0 Å². The fourth-order valence-corrected chi connectivity index (χ4v) is 1.77. The summed E-state index contributed by atoms with van der Waals surface area (Å²) in [6.45, 7) is 1.08. The Labute approximate surface area is 77.6 Å². The lowest BCUT2D eigenvalue weighted by Gasteiger charge is -2.00. The van der Waals surface area contributed by atoms with Gasteiger partial charge in [-0.2, -0.15) is 0 Å². The van der Waals surface area contributed by atoms with Crippen molar-refractivity contribution in [3.8, 4) is 0 Å². The summed E-state index contributed by atoms with van der Waals surface area (Å²) in [6.07, 6.45) is 4.99. The zero-order valence-corrected chi connectivity index (χ0v) is 8.40. The number of nitrogens with zero attached hydrogens (tertiary/aromatic N) is 2. The lowest BCUT2D eigenvalue weighted by molar-refractivity contribution is 0.767. The minimum Gasteiger partial charge on any atom is -0.329 e. The number of thioether (sulfide) groups is 1. The molecule has 0 bridgehead atoms. The molecule has 0 aliphatic heterocycles. The monoisotopic (exact) mass is 185 g/mol. The second-order valence-electron chi connectivity index (χ2n) is 2.63. The minimum absolute atomic E-state index is 1.08. The Balaban J connectivity index is 2.20. The van der Waals surface area contributed by atoms with Crippen LogP contribution in [0.3, 0.4) is 0 Å². The third-order valence-electron chi connectivity index (χ3n) is 1.58. The van der Waals surface area contributed by atoms with Gasteiger partial charge in [0.1, 0.15) is 0 Å². The molecule has 0 aliphatic carbocycles. The number of hydrogen-bond donors (Lipinski definition) is 1. The molecule has 3 nitrogen and oxygen atoms in total. The first-order valence-electron chi connectivity index (χ1n) is 4.09. The maximum absolute atomic E-state index is 4.22. The molecule has 1 rings (SSSR count). The van der Waals surface area contributed by atoms with Gasteiger partial charge in [-0.05, 0) is 20.0 Å². The molecule has 1 aromatic rings. The molecule has 0 aliphatic rings. The molecular formula is C8H15N3S. The summed E-state index contributed by atoms with van der Waals surface area (Å²) in [4.78, 5) is 4.22. The van der Waals surface area contributed by atoms with Crippen LogP contribution in [0.15, 0.2) is 17.6 Å². The fraction of sp³-hybridized carbons (Fsp3) is 0.625. The van der Waals surface area contributed by atoms with Gasteiger partial charge in [-0.15, -0.1) is 0 Å². The molecule has 0 spiro atoms. The fourth-order valence-electron chi connectivity index (χ4n) is 0.903. The van der Waals surface area contributed by atoms with E-state index in [1.54, 1.807) is 11.8 Å². The van der Waals surface area contributed by atoms with Crippen LogP contribution in [0.25, 0.3) is 0 Å². The minimum atomic E-state index is 1.08. The van der Waals surface area contributed by atoms with Crippen LogP contribution < -0.4 is 5.32 Å². The van der Waals surface area contributed by atoms with Crippen molar-refractivity contribution >= 4 is 11.8 Å². The standard InChI is InChI=1S/C8H15N3S/c1-9-4-3-7-12-8-10-5-6-11(8)2/h5-6,9H,3-4,7H2,1-2H3. The normalized spacial score (nSPS) is 10.5. The van der Waals surface area contributed by atoms with Gasteiger partial charge in [-0.25, -0.2) is 4.98 Å². The van der Waals surface area contributed by atoms with Crippen molar-refractivity contribution in [2.45, 2.75) is 11.6 Å². The highest BCUT2D eigenvalue weighted by Crippen LogP contribution is 2.14. The number of nitrogens with one attached hydrogen (secondary N) is 1. The van der Waals surface area contributed by atoms with Gasteiger partial charge in [-0.1, -0.05) is 11.8 Å². The topological polar surface area (TPSA) is 29.9 Å². The molecule has 12 heavy (non-hydrogen) atoms. The summed E-state index contributed by atoms with van der Waals surface area (Å²) in [5, 5.41) is 4.22. The molecular weight excluding hydrogens is 170 g/mol. The molecule has 0 saturated carbocycles. The van der Waals surface area contributed by atoms with Crippen LogP contribution in [0.4, 0.5) is 0 Å². The van der Waals surface area contributed by atoms with Crippen molar-refractivity contribution in [1.29, 1.82) is 0 Å². The summed E-state index contributed by atoms with van der Waals surface area (Å²) in [5.41, 5.74) is 0. The van der Waals surface area contributed by atoms with Gasteiger partial charge in [-0.3, -0.25) is 0 Å². The van der Waals surface area contributed by atoms with Crippen molar-refractivity contribution in [3.63, 3.8) is 0 Å². The van der Waals surface area contributed by atoms with Gasteiger partial charge in [0.05, 0.1) is 0 Å². The zero-order chi connectivity index (χ0) is 8.81. The molecule has 1 N–H and O–H groups in total. The first-order chi connectivity index (χ1) is 5.84. The van der Waals surface area contributed by atoms with Crippen molar-refractivity contribution in [2.75, 3.05) is 19.3 Å². The molecule has 4 heteroatoms. The van der Waals surface area contributed by atoms with E-state index in [9.17, 15) is 0 Å². The lowest BCUT2D eigenvalue weighted by Crippen LogP contribution is -2.08. The van der Waals surface area contributed by atoms with Crippen LogP contribution in [0, 0.1) is 0 Å². The van der Waals surface area contributed by atoms with Gasteiger partial charge in [0, 0.05) is 25.2 Å². The molecule has 68 valence electrons. The largest absolute Gasteiger partial charge is 0.329 e. The van der Waals surface area contributed by atoms with E-state index in [0.29, 0.717) is 0 Å². The smallest absolute Gasteiger partial charge is 0.167 e. The van der Waals surface area contributed by atoms with Crippen molar-refractivity contribution in [1.82, 2.24) is 14.9 Å². The second-order valence-corrected chi connectivity index (χ2v) is 3.69. The molecule has 0 radical (unpaired) electrons. The maximum Gasteiger partial charge on any atom is 0.167 e. The van der Waals surface area contributed by atoms with Crippen LogP contribution in [0.1, 0.15) is 6.42 Å². The first kappa shape index (κ1) is 9.61. The summed E-state index contributed by atoms with van der Waals surface area (Å²) < 4.78 is 2.05. The van der Waals surface area contributed by atoms with Crippen molar-refractivity contribution < 1.29 is 0 Å². The maximum atomic E-state index is 4.22. The van der Waals surface area contributed by atoms with Gasteiger partial charge in [0.15, 0.2) is 5.16 Å². The zero-order valence-electron chi connectivity index (χ0n) is 7.58. The van der Waals surface area contributed by atoms with Gasteiger partial charge >= 0.3 is 0 Å². The van der Waals surface area contributed by atoms with Crippen LogP contribution in [-0.4, -0.2) is 28.9 Å². The number of imidazole rings is 1. The first-order valence-corrected chi connectivity index (χ1v) is 5.08. The summed E-state index contributed by atoms with van der Waals surface area (Å²) in [7, 11) is 4.00. The molecule has 0 fully saturated rings. The Kier molecular flexibility index (Phi) is 4.18. The van der Waals surface area contributed by atoms with Crippen LogP contribution in [-0.2, 0) is 7.05 Å². The number of aromatic nitrogens is 2. The molecule has 0 atom stereocenters. The average molecular weight is 185 g/mol. The van der Waals surface area contributed by atoms with E-state index in [-0.39, 0.29) is 0 Å². The lowest BCUT2D eigenvalue weighted by atomic mass is 10.5. The Bertz CT molecular complexity index is 222. The highest BCUT2D eigenvalue weighted by Gasteiger charge is 1.97. The summed E-state index contributed by atoms with van der Waals surface area (Å²) in [5.74, 6) is 1.13. The highest BCUT2D eigenvalue weighted by atomic mass is 32.2. The molecule has 1 heterocycles. The molecule has 0 saturated heterocycles. The quantitative estimate of drug-likeness (QED) is 0.551. The highest BCUT2D eigenvalue weighted by molar-refractivity contribution is 7.99. The van der Waals surface area contributed by atoms with Gasteiger partial charge in [0.2, 0.25) is 0 Å². The van der Waals surface area contributed by atoms with Crippen molar-refractivity contribution in [2.24, 2.45) is 7.05 Å². The van der Waals surface area contributed by atoms with Crippen LogP contribution in [0.5, 0.6) is 0 Å². The summed E-state index contributed by atoms with van der Waals surface area (Å²) >= 11 is 1.81. The van der Waals surface area contributed by atoms with Crippen LogP contribution >= 0.6 is 11.8 Å². The van der Waals surface area contributed by atoms with Gasteiger partial charge in [0.25, 0.3) is 0 Å². The van der Waals surface area contributed by atoms with E-state index >= 15 is 0 Å². The summed E-state index contributed by atoms with van der Waals surface area (Å²) in [6, 6.07) is 0. The number of hydrogen-bond acceptors (Lipinski definition) is 3. The van der Waals surface area contributed by atoms with E-state index in [1.165, 1.54) is 6.42 Å². The third-order valence-corrected chi connectivity index (χ3v) is 2.72. The Hall–Kier alpha value is -0.480. The second kappa shape index (κ2) is 5.22. The van der Waals surface area contributed by atoms with Crippen molar-refractivity contribution in [3.05, 3.63) is 12.4 Å². The SMILES string of the molecule is CNCCCSc1nccn1C. The third kappa shape index (κ3) is 2.87. The van der Waals surface area contributed by atoms with Crippen LogP contribution in [0.2, 0.25) is 0 Å². The number of aryl methyl sites for hydroxylation is 1. The average Bonchev–Trinajstić information content (AvgIpc) is 2.46. The molecule has 0 aromatic carbocycles. The predicted molar refractivity (Wildman–Crippen MR) is 52.5 cm³/mol. The van der Waals surface area contributed by atoms with E-state index in [1.807, 2.05) is 31.1 Å². The Morgan fingerprint density at radius 1 is 1.67 bits per heavy atom. The predicted octanol–water partition coefficient (Wildman–Crippen LogP) is 1.12. The van der Waals surface area contributed by atoms with E-state index in [2.05, 4.69) is 10.3 Å². The van der Waals surface area contributed by atoms with E-state index in [0.717, 1.165) is 17.5 Å². The molecule has 0 amide bonds. The van der Waals surface area contributed by atoms with Gasteiger partial charge < -0.3 is 9.88 Å². The van der Waals surface area contributed by atoms with E-state index in [4.69, 9.17) is 0 Å². The molecule has 1 aromatic heterocycles. The Morgan fingerprint density at radius 3 is 3.08 bits per heavy atom. The number of rotatable bonds is 5.